The van der Waals surface area contributed by atoms with Crippen molar-refractivity contribution >= 4 is 6.29 Å². The van der Waals surface area contributed by atoms with E-state index in [4.69, 9.17) is 40.9 Å². The second kappa shape index (κ2) is 8.55. The summed E-state index contributed by atoms with van der Waals surface area (Å²) in [7, 11) is 0. The fraction of sp³-hybridized carbons (Fsp3) is 0.917. The average Bonchev–Trinajstić information content (AvgIpc) is 2.81. The molecule has 2 heterocycles. The van der Waals surface area contributed by atoms with Crippen molar-refractivity contribution in [2.24, 2.45) is 0 Å². The molecule has 142 valence electrons. The maximum Gasteiger partial charge on any atom is 0.219 e. The van der Waals surface area contributed by atoms with Crippen molar-refractivity contribution < 1.29 is 60.2 Å². The Kier molecular flexibility index (Phi) is 7.58. The molecule has 24 heavy (non-hydrogen) atoms. The van der Waals surface area contributed by atoms with Gasteiger partial charge in [0.15, 0.2) is 12.6 Å². The van der Waals surface area contributed by atoms with Crippen LogP contribution in [-0.2, 0) is 14.3 Å². The van der Waals surface area contributed by atoms with Gasteiger partial charge in [0.25, 0.3) is 0 Å². The van der Waals surface area contributed by atoms with E-state index in [9.17, 15) is 9.90 Å². The molecule has 2 fully saturated rings. The summed E-state index contributed by atoms with van der Waals surface area (Å²) >= 11 is 0. The molecule has 0 spiro atoms. The molecule has 2 aliphatic rings. The summed E-state index contributed by atoms with van der Waals surface area (Å²) in [6, 6.07) is 0. The van der Waals surface area contributed by atoms with Crippen molar-refractivity contribution in [1.29, 1.82) is 0 Å². The minimum Gasteiger partial charge on any atom is -0.394 e. The Bertz CT molecular complexity index is 403. The van der Waals surface area contributed by atoms with Crippen LogP contribution < -0.4 is 0 Å². The predicted octanol–water partition coefficient (Wildman–Crippen LogP) is -6.23. The van der Waals surface area contributed by atoms with Gasteiger partial charge in [0.1, 0.15) is 42.7 Å². The van der Waals surface area contributed by atoms with E-state index in [-0.39, 0.29) is 6.29 Å². The molecule has 2 rings (SSSR count). The van der Waals surface area contributed by atoms with E-state index in [2.05, 4.69) is 9.47 Å². The normalized spacial score (nSPS) is 48.5. The van der Waals surface area contributed by atoms with E-state index in [1.807, 2.05) is 0 Å². The van der Waals surface area contributed by atoms with Crippen LogP contribution in [0.25, 0.3) is 0 Å². The molecule has 9 N–H and O–H groups in total. The Hall–Kier alpha value is -0.770. The van der Waals surface area contributed by atoms with E-state index in [0.29, 0.717) is 0 Å². The highest BCUT2D eigenvalue weighted by Gasteiger charge is 2.53. The van der Waals surface area contributed by atoms with Crippen molar-refractivity contribution in [1.82, 2.24) is 0 Å². The third kappa shape index (κ3) is 4.25. The van der Waals surface area contributed by atoms with E-state index in [0.717, 1.165) is 0 Å². The lowest BCUT2D eigenvalue weighted by atomic mass is 10.00. The van der Waals surface area contributed by atoms with Gasteiger partial charge in [0, 0.05) is 0 Å². The fourth-order valence-electron chi connectivity index (χ4n) is 2.14. The summed E-state index contributed by atoms with van der Waals surface area (Å²) in [5, 5.41) is 80.5. The van der Waals surface area contributed by atoms with E-state index in [1.165, 1.54) is 0 Å². The zero-order valence-electron chi connectivity index (χ0n) is 12.4. The standard InChI is InChI=1S/C6H10O6.C6H12O6/c7-1-3-4(9)5(10)6(11,2-8)12-3;7-1-2-3(8)4(9)5(10)6(11)12-2/h1,3-5,8-11H,2H2;2-11H,1H2/t3-,4-,5-,6+;2?,3-,4+,5?,6+/m11/s1. The number of rotatable bonds is 3. The maximum absolute atomic E-state index is 10.2. The van der Waals surface area contributed by atoms with Crippen molar-refractivity contribution in [3.8, 4) is 0 Å². The van der Waals surface area contributed by atoms with Gasteiger partial charge in [-0.1, -0.05) is 0 Å². The highest BCUT2D eigenvalue weighted by Crippen LogP contribution is 2.27. The molecule has 9 atom stereocenters. The molecule has 0 aliphatic carbocycles. The first kappa shape index (κ1) is 21.3. The first-order valence-electron chi connectivity index (χ1n) is 6.94. The van der Waals surface area contributed by atoms with Crippen LogP contribution in [0.2, 0.25) is 0 Å². The zero-order chi connectivity index (χ0) is 18.7. The van der Waals surface area contributed by atoms with Gasteiger partial charge in [-0.05, 0) is 0 Å². The summed E-state index contributed by atoms with van der Waals surface area (Å²) in [6.45, 7) is -1.41. The fourth-order valence-corrected chi connectivity index (χ4v) is 2.14. The van der Waals surface area contributed by atoms with Crippen LogP contribution in [0.15, 0.2) is 0 Å². The Morgan fingerprint density at radius 2 is 1.50 bits per heavy atom. The lowest BCUT2D eigenvalue weighted by Crippen LogP contribution is -2.58. The Morgan fingerprint density at radius 1 is 0.917 bits per heavy atom. The SMILES string of the molecule is O=C[C@H]1O[C@@](O)(CO)[C@H](O)[C@@H]1O.OCC1O[C@H](O)C(O)[C@@H](O)[C@@H]1O. The molecule has 2 saturated heterocycles. The third-order valence-corrected chi connectivity index (χ3v) is 3.69. The van der Waals surface area contributed by atoms with Crippen LogP contribution in [-0.4, -0.2) is 120 Å². The molecular formula is C12H22O12. The van der Waals surface area contributed by atoms with Crippen LogP contribution in [0.4, 0.5) is 0 Å². The van der Waals surface area contributed by atoms with Crippen LogP contribution in [0.1, 0.15) is 0 Å². The number of carbonyl (C=O) groups excluding carboxylic acids is 1. The predicted molar refractivity (Wildman–Crippen MR) is 71.0 cm³/mol. The molecule has 12 heteroatoms. The van der Waals surface area contributed by atoms with Gasteiger partial charge in [-0.25, -0.2) is 0 Å². The van der Waals surface area contributed by atoms with Crippen LogP contribution in [0.5, 0.6) is 0 Å². The topological polar surface area (TPSA) is 218 Å². The number of aliphatic hydroxyl groups excluding tert-OH is 8. The van der Waals surface area contributed by atoms with Crippen molar-refractivity contribution in [2.45, 2.75) is 54.8 Å². The second-order valence-corrected chi connectivity index (χ2v) is 5.38. The van der Waals surface area contributed by atoms with Crippen LogP contribution in [0.3, 0.4) is 0 Å². The summed E-state index contributed by atoms with van der Waals surface area (Å²) in [6.07, 6.45) is -11.3. The van der Waals surface area contributed by atoms with Gasteiger partial charge in [-0.15, -0.1) is 0 Å². The molecule has 2 aliphatic heterocycles. The van der Waals surface area contributed by atoms with Crippen molar-refractivity contribution in [3.63, 3.8) is 0 Å². The Balaban J connectivity index is 0.000000240. The third-order valence-electron chi connectivity index (χ3n) is 3.69. The molecule has 0 bridgehead atoms. The number of aliphatic hydroxyl groups is 9. The van der Waals surface area contributed by atoms with E-state index in [1.54, 1.807) is 0 Å². The van der Waals surface area contributed by atoms with Crippen molar-refractivity contribution in [2.75, 3.05) is 13.2 Å². The number of carbonyl (C=O) groups is 1. The van der Waals surface area contributed by atoms with Crippen LogP contribution in [0, 0.1) is 0 Å². The number of hydrogen-bond acceptors (Lipinski definition) is 12. The van der Waals surface area contributed by atoms with Gasteiger partial charge in [-0.2, -0.15) is 0 Å². The molecule has 0 aromatic heterocycles. The minimum absolute atomic E-state index is 0.252. The maximum atomic E-state index is 10.2. The molecular weight excluding hydrogens is 336 g/mol. The number of ether oxygens (including phenoxy) is 2. The van der Waals surface area contributed by atoms with Gasteiger partial charge in [0.05, 0.1) is 13.2 Å². The molecule has 0 saturated carbocycles. The first-order chi connectivity index (χ1) is 11.1. The molecule has 2 unspecified atom stereocenters. The van der Waals surface area contributed by atoms with Crippen molar-refractivity contribution in [3.05, 3.63) is 0 Å². The average molecular weight is 358 g/mol. The lowest BCUT2D eigenvalue weighted by Gasteiger charge is -2.37. The van der Waals surface area contributed by atoms with E-state index >= 15 is 0 Å². The van der Waals surface area contributed by atoms with Gasteiger partial charge in [-0.3, -0.25) is 0 Å². The van der Waals surface area contributed by atoms with Crippen LogP contribution >= 0.6 is 0 Å². The lowest BCUT2D eigenvalue weighted by molar-refractivity contribution is -0.286. The largest absolute Gasteiger partial charge is 0.394 e. The highest BCUT2D eigenvalue weighted by molar-refractivity contribution is 5.58. The molecule has 0 aromatic rings. The van der Waals surface area contributed by atoms with Gasteiger partial charge >= 0.3 is 0 Å². The Labute approximate surface area is 135 Å². The summed E-state index contributed by atoms with van der Waals surface area (Å²) < 4.78 is 9.09. The summed E-state index contributed by atoms with van der Waals surface area (Å²) in [5.41, 5.74) is 0. The summed E-state index contributed by atoms with van der Waals surface area (Å²) in [4.78, 5) is 10.2. The molecule has 0 aromatic carbocycles. The molecule has 0 radical (unpaired) electrons. The van der Waals surface area contributed by atoms with Gasteiger partial charge < -0.3 is 60.2 Å². The molecule has 0 amide bonds. The zero-order valence-corrected chi connectivity index (χ0v) is 12.4. The monoisotopic (exact) mass is 358 g/mol. The second-order valence-electron chi connectivity index (χ2n) is 5.38. The number of aldehydes is 1. The quantitative estimate of drug-likeness (QED) is 0.215. The minimum atomic E-state index is -2.23. The van der Waals surface area contributed by atoms with E-state index < -0.39 is 68.0 Å². The summed E-state index contributed by atoms with van der Waals surface area (Å²) in [5.74, 6) is -2.23. The smallest absolute Gasteiger partial charge is 0.219 e. The molecule has 12 nitrogen and oxygen atoms in total. The van der Waals surface area contributed by atoms with Gasteiger partial charge in [0.2, 0.25) is 5.79 Å². The Morgan fingerprint density at radius 3 is 1.88 bits per heavy atom. The first-order valence-corrected chi connectivity index (χ1v) is 6.94. The highest BCUT2D eigenvalue weighted by atomic mass is 16.7. The number of hydrogen-bond donors (Lipinski definition) is 9.